The van der Waals surface area contributed by atoms with Crippen LogP contribution in [0.5, 0.6) is 0 Å². The van der Waals surface area contributed by atoms with Gasteiger partial charge >= 0.3 is 0 Å². The van der Waals surface area contributed by atoms with Crippen LogP contribution in [0.25, 0.3) is 0 Å². The average molecular weight is 254 g/mol. The summed E-state index contributed by atoms with van der Waals surface area (Å²) >= 11 is 1.85. The predicted molar refractivity (Wildman–Crippen MR) is 73.4 cm³/mol. The van der Waals surface area contributed by atoms with Crippen molar-refractivity contribution < 1.29 is 4.79 Å². The maximum absolute atomic E-state index is 11.4. The van der Waals surface area contributed by atoms with Gasteiger partial charge in [0, 0.05) is 42.9 Å². The zero-order valence-electron chi connectivity index (χ0n) is 11.1. The topological polar surface area (TPSA) is 32.3 Å². The number of thiophene rings is 1. The Morgan fingerprint density at radius 3 is 2.71 bits per heavy atom. The molecule has 1 aromatic rings. The average Bonchev–Trinajstić information content (AvgIpc) is 2.77. The van der Waals surface area contributed by atoms with E-state index in [4.69, 9.17) is 0 Å². The maximum atomic E-state index is 11.4. The highest BCUT2D eigenvalue weighted by Gasteiger charge is 2.09. The molecule has 0 saturated carbocycles. The lowest BCUT2D eigenvalue weighted by Gasteiger charge is -2.14. The minimum absolute atomic E-state index is 0.171. The Labute approximate surface area is 108 Å². The lowest BCUT2D eigenvalue weighted by molar-refractivity contribution is -0.128. The van der Waals surface area contributed by atoms with Gasteiger partial charge in [-0.3, -0.25) is 4.79 Å². The standard InChI is InChI=1S/C13H22N2OS/c1-5-11-6-7-12(17-11)10(2)14-9-8-13(16)15(3)4/h6-7,10,14H,5,8-9H2,1-4H3. The summed E-state index contributed by atoms with van der Waals surface area (Å²) in [5, 5.41) is 3.39. The van der Waals surface area contributed by atoms with E-state index in [0.717, 1.165) is 13.0 Å². The second-order valence-electron chi connectivity index (χ2n) is 4.37. The number of hydrogen-bond acceptors (Lipinski definition) is 3. The molecule has 1 aromatic heterocycles. The van der Waals surface area contributed by atoms with Gasteiger partial charge < -0.3 is 10.2 Å². The first-order chi connectivity index (χ1) is 8.04. The third-order valence-corrected chi connectivity index (χ3v) is 4.16. The summed E-state index contributed by atoms with van der Waals surface area (Å²) in [6, 6.07) is 4.69. The molecule has 96 valence electrons. The highest BCUT2D eigenvalue weighted by Crippen LogP contribution is 2.23. The van der Waals surface area contributed by atoms with Crippen LogP contribution in [0.4, 0.5) is 0 Å². The summed E-state index contributed by atoms with van der Waals surface area (Å²) in [6.07, 6.45) is 1.65. The van der Waals surface area contributed by atoms with Gasteiger partial charge in [-0.15, -0.1) is 11.3 Å². The molecule has 1 atom stereocenters. The third kappa shape index (κ3) is 4.48. The molecule has 1 rings (SSSR count). The van der Waals surface area contributed by atoms with E-state index < -0.39 is 0 Å². The van der Waals surface area contributed by atoms with Crippen molar-refractivity contribution in [2.75, 3.05) is 20.6 Å². The van der Waals surface area contributed by atoms with E-state index in [0.29, 0.717) is 12.5 Å². The largest absolute Gasteiger partial charge is 0.349 e. The third-order valence-electron chi connectivity index (χ3n) is 2.75. The van der Waals surface area contributed by atoms with Crippen molar-refractivity contribution in [1.82, 2.24) is 10.2 Å². The number of carbonyl (C=O) groups is 1. The van der Waals surface area contributed by atoms with Crippen LogP contribution in [-0.4, -0.2) is 31.4 Å². The van der Waals surface area contributed by atoms with Crippen LogP contribution in [0.2, 0.25) is 0 Å². The molecule has 0 spiro atoms. The number of rotatable bonds is 6. The van der Waals surface area contributed by atoms with E-state index in [-0.39, 0.29) is 5.91 Å². The van der Waals surface area contributed by atoms with Gasteiger partial charge in [-0.1, -0.05) is 6.92 Å². The molecule has 3 nitrogen and oxygen atoms in total. The van der Waals surface area contributed by atoms with E-state index in [1.54, 1.807) is 19.0 Å². The molecule has 0 aliphatic carbocycles. The summed E-state index contributed by atoms with van der Waals surface area (Å²) in [7, 11) is 3.58. The van der Waals surface area contributed by atoms with Gasteiger partial charge in [0.1, 0.15) is 0 Å². The summed E-state index contributed by atoms with van der Waals surface area (Å²) in [4.78, 5) is 15.8. The zero-order valence-corrected chi connectivity index (χ0v) is 11.9. The van der Waals surface area contributed by atoms with Gasteiger partial charge in [-0.2, -0.15) is 0 Å². The predicted octanol–water partition coefficient (Wildman–Crippen LogP) is 2.44. The fraction of sp³-hybridized carbons (Fsp3) is 0.615. The minimum Gasteiger partial charge on any atom is -0.349 e. The number of aryl methyl sites for hydroxylation is 1. The normalized spacial score (nSPS) is 12.5. The second kappa shape index (κ2) is 6.77. The Morgan fingerprint density at radius 2 is 2.18 bits per heavy atom. The van der Waals surface area contributed by atoms with Crippen molar-refractivity contribution in [3.8, 4) is 0 Å². The highest BCUT2D eigenvalue weighted by atomic mass is 32.1. The minimum atomic E-state index is 0.171. The number of nitrogens with one attached hydrogen (secondary N) is 1. The Morgan fingerprint density at radius 1 is 1.47 bits per heavy atom. The first-order valence-electron chi connectivity index (χ1n) is 6.06. The van der Waals surface area contributed by atoms with Crippen molar-refractivity contribution in [3.05, 3.63) is 21.9 Å². The molecule has 0 aliphatic rings. The van der Waals surface area contributed by atoms with E-state index in [9.17, 15) is 4.79 Å². The zero-order chi connectivity index (χ0) is 12.8. The van der Waals surface area contributed by atoms with Gasteiger partial charge in [0.05, 0.1) is 0 Å². The Kier molecular flexibility index (Phi) is 5.65. The van der Waals surface area contributed by atoms with Crippen LogP contribution < -0.4 is 5.32 Å². The van der Waals surface area contributed by atoms with E-state index >= 15 is 0 Å². The van der Waals surface area contributed by atoms with Crippen molar-refractivity contribution in [3.63, 3.8) is 0 Å². The summed E-state index contributed by atoms with van der Waals surface area (Å²) in [5.74, 6) is 0.171. The maximum Gasteiger partial charge on any atom is 0.223 e. The molecule has 0 saturated heterocycles. The molecule has 1 unspecified atom stereocenters. The number of nitrogens with zero attached hydrogens (tertiary/aromatic N) is 1. The van der Waals surface area contributed by atoms with E-state index in [1.807, 2.05) is 11.3 Å². The quantitative estimate of drug-likeness (QED) is 0.845. The molecule has 1 N–H and O–H groups in total. The molecule has 4 heteroatoms. The highest BCUT2D eigenvalue weighted by molar-refractivity contribution is 7.12. The lowest BCUT2D eigenvalue weighted by Crippen LogP contribution is -2.27. The van der Waals surface area contributed by atoms with Crippen molar-refractivity contribution in [2.45, 2.75) is 32.7 Å². The molecular weight excluding hydrogens is 232 g/mol. The van der Waals surface area contributed by atoms with Crippen LogP contribution in [0.1, 0.15) is 36.1 Å². The molecule has 0 aliphatic heterocycles. The lowest BCUT2D eigenvalue weighted by atomic mass is 10.2. The van der Waals surface area contributed by atoms with Gasteiger partial charge in [0.2, 0.25) is 5.91 Å². The Balaban J connectivity index is 2.34. The molecule has 0 fully saturated rings. The molecule has 0 aromatic carbocycles. The van der Waals surface area contributed by atoms with Crippen molar-refractivity contribution in [2.24, 2.45) is 0 Å². The molecular formula is C13H22N2OS. The Bertz CT molecular complexity index is 360. The molecule has 0 radical (unpaired) electrons. The van der Waals surface area contributed by atoms with Crippen LogP contribution >= 0.6 is 11.3 Å². The van der Waals surface area contributed by atoms with Crippen molar-refractivity contribution in [1.29, 1.82) is 0 Å². The SMILES string of the molecule is CCc1ccc(C(C)NCCC(=O)N(C)C)s1. The fourth-order valence-electron chi connectivity index (χ4n) is 1.54. The molecule has 0 bridgehead atoms. The summed E-state index contributed by atoms with van der Waals surface area (Å²) < 4.78 is 0. The van der Waals surface area contributed by atoms with Gasteiger partial charge in [-0.05, 0) is 25.5 Å². The molecule has 1 heterocycles. The van der Waals surface area contributed by atoms with Gasteiger partial charge in [0.15, 0.2) is 0 Å². The smallest absolute Gasteiger partial charge is 0.223 e. The van der Waals surface area contributed by atoms with Crippen LogP contribution in [-0.2, 0) is 11.2 Å². The molecule has 17 heavy (non-hydrogen) atoms. The summed E-state index contributed by atoms with van der Waals surface area (Å²) in [5.41, 5.74) is 0. The second-order valence-corrected chi connectivity index (χ2v) is 5.57. The van der Waals surface area contributed by atoms with Crippen LogP contribution in [0.3, 0.4) is 0 Å². The van der Waals surface area contributed by atoms with Crippen molar-refractivity contribution >= 4 is 17.2 Å². The van der Waals surface area contributed by atoms with E-state index in [1.165, 1.54) is 9.75 Å². The van der Waals surface area contributed by atoms with E-state index in [2.05, 4.69) is 31.3 Å². The summed E-state index contributed by atoms with van der Waals surface area (Å²) in [6.45, 7) is 5.05. The van der Waals surface area contributed by atoms with Gasteiger partial charge in [-0.25, -0.2) is 0 Å². The first kappa shape index (κ1) is 14.2. The van der Waals surface area contributed by atoms with Gasteiger partial charge in [0.25, 0.3) is 0 Å². The molecule has 1 amide bonds. The van der Waals surface area contributed by atoms with Crippen LogP contribution in [0, 0.1) is 0 Å². The number of amides is 1. The number of carbonyl (C=O) groups excluding carboxylic acids is 1. The first-order valence-corrected chi connectivity index (χ1v) is 6.88. The van der Waals surface area contributed by atoms with Crippen LogP contribution in [0.15, 0.2) is 12.1 Å². The fourth-order valence-corrected chi connectivity index (χ4v) is 2.52. The Hall–Kier alpha value is -0.870. The number of hydrogen-bond donors (Lipinski definition) is 1. The monoisotopic (exact) mass is 254 g/mol.